The molecule has 0 spiro atoms. The second-order valence-corrected chi connectivity index (χ2v) is 5.48. The smallest absolute Gasteiger partial charge is 0.345 e. The Hall–Kier alpha value is -1.75. The summed E-state index contributed by atoms with van der Waals surface area (Å²) >= 11 is 0. The second-order valence-electron chi connectivity index (χ2n) is 5.48. The first kappa shape index (κ1) is 14.7. The Morgan fingerprint density at radius 2 is 2.25 bits per heavy atom. The van der Waals surface area contributed by atoms with E-state index in [0.717, 1.165) is 12.0 Å². The number of aliphatic carboxylic acids is 1. The van der Waals surface area contributed by atoms with Gasteiger partial charge in [0.1, 0.15) is 11.5 Å². The summed E-state index contributed by atoms with van der Waals surface area (Å²) in [5.74, 6) is 0.341. The molecule has 2 rings (SSSR count). The summed E-state index contributed by atoms with van der Waals surface area (Å²) < 4.78 is 16.4. The van der Waals surface area contributed by atoms with E-state index < -0.39 is 12.1 Å². The molecule has 1 aliphatic rings. The Bertz CT molecular complexity index is 495. The summed E-state index contributed by atoms with van der Waals surface area (Å²) in [7, 11) is 1.68. The Labute approximate surface area is 118 Å². The van der Waals surface area contributed by atoms with Crippen LogP contribution in [0.15, 0.2) is 18.2 Å². The minimum atomic E-state index is -0.939. The minimum Gasteiger partial charge on any atom is -0.493 e. The highest BCUT2D eigenvalue weighted by Gasteiger charge is 2.29. The number of ether oxygens (including phenoxy) is 3. The second kappa shape index (κ2) is 5.71. The predicted molar refractivity (Wildman–Crippen MR) is 73.4 cm³/mol. The first-order valence-electron chi connectivity index (χ1n) is 6.61. The maximum atomic E-state index is 10.9. The van der Waals surface area contributed by atoms with Gasteiger partial charge in [0.05, 0.1) is 12.2 Å². The van der Waals surface area contributed by atoms with E-state index in [4.69, 9.17) is 19.3 Å². The van der Waals surface area contributed by atoms with Crippen molar-refractivity contribution in [3.63, 3.8) is 0 Å². The number of fused-ring (bicyclic) bond motifs is 1. The number of hydrogen-bond acceptors (Lipinski definition) is 4. The van der Waals surface area contributed by atoms with Crippen molar-refractivity contribution in [2.75, 3.05) is 13.7 Å². The quantitative estimate of drug-likeness (QED) is 0.866. The fraction of sp³-hybridized carbons (Fsp3) is 0.533. The van der Waals surface area contributed by atoms with Gasteiger partial charge in [-0.15, -0.1) is 0 Å². The SMILES string of the molecule is COC(C)(C)CCOc1ccc2c(c1)OC(C(=O)O)C2. The predicted octanol–water partition coefficient (Wildman–Crippen LogP) is 2.27. The van der Waals surface area contributed by atoms with Crippen LogP contribution in [0.4, 0.5) is 0 Å². The lowest BCUT2D eigenvalue weighted by atomic mass is 10.1. The zero-order valence-electron chi connectivity index (χ0n) is 12.0. The highest BCUT2D eigenvalue weighted by Crippen LogP contribution is 2.32. The summed E-state index contributed by atoms with van der Waals surface area (Å²) in [6.45, 7) is 4.53. The molecule has 0 saturated heterocycles. The van der Waals surface area contributed by atoms with Crippen LogP contribution in [0.25, 0.3) is 0 Å². The van der Waals surface area contributed by atoms with Crippen LogP contribution >= 0.6 is 0 Å². The molecule has 0 bridgehead atoms. The molecule has 0 radical (unpaired) electrons. The highest BCUT2D eigenvalue weighted by molar-refractivity contribution is 5.74. The van der Waals surface area contributed by atoms with Crippen molar-refractivity contribution in [2.45, 2.75) is 38.4 Å². The van der Waals surface area contributed by atoms with Gasteiger partial charge in [0.25, 0.3) is 0 Å². The van der Waals surface area contributed by atoms with Gasteiger partial charge < -0.3 is 19.3 Å². The summed E-state index contributed by atoms with van der Waals surface area (Å²) in [5.41, 5.74) is 0.684. The van der Waals surface area contributed by atoms with Crippen molar-refractivity contribution in [2.24, 2.45) is 0 Å². The van der Waals surface area contributed by atoms with Crippen LogP contribution in [0.2, 0.25) is 0 Å². The molecule has 1 heterocycles. The molecule has 0 aromatic heterocycles. The average molecular weight is 280 g/mol. The zero-order chi connectivity index (χ0) is 14.8. The van der Waals surface area contributed by atoms with Crippen molar-refractivity contribution < 1.29 is 24.1 Å². The molecule has 110 valence electrons. The molecule has 1 aromatic rings. The highest BCUT2D eigenvalue weighted by atomic mass is 16.5. The lowest BCUT2D eigenvalue weighted by Crippen LogP contribution is -2.25. The molecule has 1 aliphatic heterocycles. The third kappa shape index (κ3) is 3.42. The standard InChI is InChI=1S/C15H20O5/c1-15(2,18-3)6-7-19-11-5-4-10-8-13(14(16)17)20-12(10)9-11/h4-5,9,13H,6-8H2,1-3H3,(H,16,17). The third-order valence-electron chi connectivity index (χ3n) is 3.51. The van der Waals surface area contributed by atoms with Crippen LogP contribution < -0.4 is 9.47 Å². The number of carbonyl (C=O) groups is 1. The van der Waals surface area contributed by atoms with Crippen molar-refractivity contribution in [1.82, 2.24) is 0 Å². The first-order valence-corrected chi connectivity index (χ1v) is 6.61. The lowest BCUT2D eigenvalue weighted by molar-refractivity contribution is -0.144. The molecular weight excluding hydrogens is 260 g/mol. The van der Waals surface area contributed by atoms with E-state index in [-0.39, 0.29) is 5.60 Å². The van der Waals surface area contributed by atoms with Crippen LogP contribution in [0, 0.1) is 0 Å². The average Bonchev–Trinajstić information content (AvgIpc) is 2.82. The van der Waals surface area contributed by atoms with Gasteiger partial charge in [-0.25, -0.2) is 4.79 Å². The third-order valence-corrected chi connectivity index (χ3v) is 3.51. The van der Waals surface area contributed by atoms with Gasteiger partial charge in [0, 0.05) is 26.0 Å². The van der Waals surface area contributed by atoms with Gasteiger partial charge in [-0.1, -0.05) is 6.07 Å². The summed E-state index contributed by atoms with van der Waals surface area (Å²) in [4.78, 5) is 10.9. The van der Waals surface area contributed by atoms with Crippen LogP contribution in [0.1, 0.15) is 25.8 Å². The normalized spacial score (nSPS) is 17.4. The number of rotatable bonds is 6. The molecule has 0 aliphatic carbocycles. The van der Waals surface area contributed by atoms with Crippen molar-refractivity contribution in [3.8, 4) is 11.5 Å². The number of hydrogen-bond donors (Lipinski definition) is 1. The van der Waals surface area contributed by atoms with Gasteiger partial charge >= 0.3 is 5.97 Å². The summed E-state index contributed by atoms with van der Waals surface area (Å²) in [6.07, 6.45) is 0.383. The first-order chi connectivity index (χ1) is 9.41. The molecule has 1 aromatic carbocycles. The number of methoxy groups -OCH3 is 1. The lowest BCUT2D eigenvalue weighted by Gasteiger charge is -2.22. The number of carboxylic acid groups (broad SMARTS) is 1. The van der Waals surface area contributed by atoms with E-state index in [1.165, 1.54) is 0 Å². The molecular formula is C15H20O5. The van der Waals surface area contributed by atoms with Gasteiger partial charge in [0.2, 0.25) is 0 Å². The molecule has 0 amide bonds. The maximum absolute atomic E-state index is 10.9. The molecule has 20 heavy (non-hydrogen) atoms. The van der Waals surface area contributed by atoms with E-state index in [9.17, 15) is 4.79 Å². The van der Waals surface area contributed by atoms with E-state index in [2.05, 4.69) is 0 Å². The van der Waals surface area contributed by atoms with Crippen molar-refractivity contribution in [3.05, 3.63) is 23.8 Å². The minimum absolute atomic E-state index is 0.221. The Kier molecular flexibility index (Phi) is 4.18. The largest absolute Gasteiger partial charge is 0.493 e. The van der Waals surface area contributed by atoms with E-state index >= 15 is 0 Å². The molecule has 5 heteroatoms. The molecule has 0 saturated carbocycles. The van der Waals surface area contributed by atoms with Gasteiger partial charge in [-0.05, 0) is 25.5 Å². The summed E-state index contributed by atoms with van der Waals surface area (Å²) in [5, 5.41) is 8.94. The molecule has 1 unspecified atom stereocenters. The number of benzene rings is 1. The molecule has 1 N–H and O–H groups in total. The van der Waals surface area contributed by atoms with E-state index in [1.807, 2.05) is 26.0 Å². The van der Waals surface area contributed by atoms with E-state index in [1.54, 1.807) is 13.2 Å². The maximum Gasteiger partial charge on any atom is 0.345 e. The van der Waals surface area contributed by atoms with E-state index in [0.29, 0.717) is 24.5 Å². The fourth-order valence-electron chi connectivity index (χ4n) is 1.95. The van der Waals surface area contributed by atoms with Crippen LogP contribution in [-0.2, 0) is 16.0 Å². The molecule has 1 atom stereocenters. The zero-order valence-corrected chi connectivity index (χ0v) is 12.0. The fourth-order valence-corrected chi connectivity index (χ4v) is 1.95. The Balaban J connectivity index is 1.93. The van der Waals surface area contributed by atoms with Crippen LogP contribution in [-0.4, -0.2) is 36.5 Å². The Morgan fingerprint density at radius 3 is 2.90 bits per heavy atom. The van der Waals surface area contributed by atoms with Gasteiger partial charge in [-0.2, -0.15) is 0 Å². The van der Waals surface area contributed by atoms with Crippen LogP contribution in [0.3, 0.4) is 0 Å². The molecule has 5 nitrogen and oxygen atoms in total. The molecule has 0 fully saturated rings. The monoisotopic (exact) mass is 280 g/mol. The van der Waals surface area contributed by atoms with Gasteiger partial charge in [-0.3, -0.25) is 0 Å². The summed E-state index contributed by atoms with van der Waals surface area (Å²) in [6, 6.07) is 5.44. The van der Waals surface area contributed by atoms with Gasteiger partial charge in [0.15, 0.2) is 6.10 Å². The van der Waals surface area contributed by atoms with Crippen molar-refractivity contribution in [1.29, 1.82) is 0 Å². The Morgan fingerprint density at radius 1 is 1.50 bits per heavy atom. The topological polar surface area (TPSA) is 65.0 Å². The number of carboxylic acids is 1. The van der Waals surface area contributed by atoms with Crippen molar-refractivity contribution >= 4 is 5.97 Å². The van der Waals surface area contributed by atoms with Crippen LogP contribution in [0.5, 0.6) is 11.5 Å².